The Morgan fingerprint density at radius 1 is 1.29 bits per heavy atom. The highest BCUT2D eigenvalue weighted by atomic mass is 79.9. The van der Waals surface area contributed by atoms with Crippen LogP contribution in [0.2, 0.25) is 0 Å². The van der Waals surface area contributed by atoms with Crippen molar-refractivity contribution in [2.45, 2.75) is 32.4 Å². The highest BCUT2D eigenvalue weighted by Crippen LogP contribution is 2.35. The molecule has 2 aliphatic heterocycles. The first-order valence-corrected chi connectivity index (χ1v) is 13.3. The number of para-hydroxylation sites is 1. The summed E-state index contributed by atoms with van der Waals surface area (Å²) < 4.78 is 15.5. The van der Waals surface area contributed by atoms with Gasteiger partial charge in [0.05, 0.1) is 24.1 Å². The summed E-state index contributed by atoms with van der Waals surface area (Å²) in [6, 6.07) is 14.2. The predicted octanol–water partition coefficient (Wildman–Crippen LogP) is 6.17. The van der Waals surface area contributed by atoms with E-state index in [1.165, 1.54) is 11.8 Å². The van der Waals surface area contributed by atoms with Crippen LogP contribution in [0.1, 0.15) is 24.0 Å². The van der Waals surface area contributed by atoms with Crippen LogP contribution in [0.4, 0.5) is 0 Å². The van der Waals surface area contributed by atoms with Gasteiger partial charge in [-0.15, -0.1) is 0 Å². The van der Waals surface area contributed by atoms with Crippen LogP contribution in [0.3, 0.4) is 0 Å². The van der Waals surface area contributed by atoms with Crippen molar-refractivity contribution in [1.82, 2.24) is 9.47 Å². The molecule has 2 fully saturated rings. The molecule has 1 aromatic heterocycles. The first-order chi connectivity index (χ1) is 16.5. The second kappa shape index (κ2) is 10.2. The second-order valence-corrected chi connectivity index (χ2v) is 11.1. The van der Waals surface area contributed by atoms with E-state index in [0.717, 1.165) is 51.7 Å². The Bertz CT molecular complexity index is 1280. The summed E-state index contributed by atoms with van der Waals surface area (Å²) in [5.74, 6) is 0.862. The molecule has 0 spiro atoms. The number of aromatic nitrogens is 1. The maximum absolute atomic E-state index is 13.1. The molecule has 3 aromatic rings. The second-order valence-electron chi connectivity index (χ2n) is 8.48. The number of hydrogen-bond donors (Lipinski definition) is 0. The number of carbonyl (C=O) groups excluding carboxylic acids is 1. The van der Waals surface area contributed by atoms with Crippen LogP contribution in [0.5, 0.6) is 5.75 Å². The van der Waals surface area contributed by atoms with Crippen LogP contribution >= 0.6 is 39.9 Å². The number of halogens is 1. The molecule has 2 aromatic carbocycles. The number of carbonyl (C=O) groups is 1. The lowest BCUT2D eigenvalue weighted by Crippen LogP contribution is -2.35. The standard InChI is InChI=1S/C26H25BrN2O3S2/c1-17-5-2-3-7-23(17)32-12-10-28-15-18(21-14-19(27)8-9-22(21)28)13-24-25(30)29(26(33)34-24)16-20-6-4-11-31-20/h2-3,5,7-9,13-15,20H,4,6,10-12,16H2,1H3/b24-13-/t20-/m1/s1. The average Bonchev–Trinajstić information content (AvgIpc) is 3.51. The van der Waals surface area contributed by atoms with E-state index in [-0.39, 0.29) is 12.0 Å². The van der Waals surface area contributed by atoms with Gasteiger partial charge in [-0.25, -0.2) is 0 Å². The minimum absolute atomic E-state index is 0.0377. The van der Waals surface area contributed by atoms with Crippen LogP contribution in [0.25, 0.3) is 17.0 Å². The zero-order chi connectivity index (χ0) is 23.7. The van der Waals surface area contributed by atoms with Gasteiger partial charge in [0.25, 0.3) is 5.91 Å². The molecular weight excluding hydrogens is 532 g/mol. The Morgan fingerprint density at radius 2 is 2.15 bits per heavy atom. The Hall–Kier alpha value is -2.13. The summed E-state index contributed by atoms with van der Waals surface area (Å²) in [6.45, 7) is 4.59. The van der Waals surface area contributed by atoms with Gasteiger partial charge in [-0.3, -0.25) is 9.69 Å². The molecule has 1 amide bonds. The Kier molecular flexibility index (Phi) is 7.11. The largest absolute Gasteiger partial charge is 0.491 e. The third-order valence-electron chi connectivity index (χ3n) is 6.13. The number of fused-ring (bicyclic) bond motifs is 1. The molecular formula is C26H25BrN2O3S2. The number of hydrogen-bond acceptors (Lipinski definition) is 5. The molecule has 8 heteroatoms. The fourth-order valence-corrected chi connectivity index (χ4v) is 5.99. The van der Waals surface area contributed by atoms with Gasteiger partial charge in [0.1, 0.15) is 16.7 Å². The van der Waals surface area contributed by atoms with Gasteiger partial charge in [0.2, 0.25) is 0 Å². The van der Waals surface area contributed by atoms with Crippen molar-refractivity contribution in [3.8, 4) is 5.75 Å². The normalized spacial score (nSPS) is 19.6. The van der Waals surface area contributed by atoms with E-state index in [9.17, 15) is 4.79 Å². The molecule has 176 valence electrons. The number of nitrogens with zero attached hydrogens (tertiary/aromatic N) is 2. The van der Waals surface area contributed by atoms with Crippen molar-refractivity contribution in [3.63, 3.8) is 0 Å². The molecule has 3 heterocycles. The molecule has 0 saturated carbocycles. The Labute approximate surface area is 217 Å². The first-order valence-electron chi connectivity index (χ1n) is 11.3. The third-order valence-corrected chi connectivity index (χ3v) is 8.00. The summed E-state index contributed by atoms with van der Waals surface area (Å²) in [4.78, 5) is 15.5. The van der Waals surface area contributed by atoms with E-state index in [4.69, 9.17) is 21.7 Å². The molecule has 0 unspecified atom stereocenters. The van der Waals surface area contributed by atoms with Gasteiger partial charge in [0, 0.05) is 33.7 Å². The van der Waals surface area contributed by atoms with Crippen LogP contribution in [0.15, 0.2) is 58.0 Å². The van der Waals surface area contributed by atoms with Crippen molar-refractivity contribution >= 4 is 67.1 Å². The van der Waals surface area contributed by atoms with Crippen molar-refractivity contribution in [2.24, 2.45) is 0 Å². The molecule has 0 N–H and O–H groups in total. The summed E-state index contributed by atoms with van der Waals surface area (Å²) in [5.41, 5.74) is 3.21. The summed E-state index contributed by atoms with van der Waals surface area (Å²) in [6.07, 6.45) is 6.14. The predicted molar refractivity (Wildman–Crippen MR) is 145 cm³/mol. The molecule has 5 rings (SSSR count). The number of benzene rings is 2. The smallest absolute Gasteiger partial charge is 0.266 e. The van der Waals surface area contributed by atoms with Crippen LogP contribution in [0, 0.1) is 6.92 Å². The van der Waals surface area contributed by atoms with Gasteiger partial charge in [-0.2, -0.15) is 0 Å². The lowest BCUT2D eigenvalue weighted by atomic mass is 10.1. The average molecular weight is 558 g/mol. The Morgan fingerprint density at radius 3 is 2.94 bits per heavy atom. The number of amides is 1. The lowest BCUT2D eigenvalue weighted by molar-refractivity contribution is -0.123. The molecule has 0 radical (unpaired) electrons. The van der Waals surface area contributed by atoms with Crippen LogP contribution in [-0.4, -0.2) is 45.6 Å². The Balaban J connectivity index is 1.38. The third kappa shape index (κ3) is 4.96. The fourth-order valence-electron chi connectivity index (χ4n) is 4.36. The van der Waals surface area contributed by atoms with Crippen molar-refractivity contribution in [2.75, 3.05) is 19.8 Å². The van der Waals surface area contributed by atoms with Gasteiger partial charge >= 0.3 is 0 Å². The number of ether oxygens (including phenoxy) is 2. The summed E-state index contributed by atoms with van der Waals surface area (Å²) >= 11 is 10.5. The summed E-state index contributed by atoms with van der Waals surface area (Å²) in [5, 5.41) is 1.08. The number of aryl methyl sites for hydroxylation is 1. The zero-order valence-electron chi connectivity index (χ0n) is 18.8. The fraction of sp³-hybridized carbons (Fsp3) is 0.308. The number of thioether (sulfide) groups is 1. The lowest BCUT2D eigenvalue weighted by Gasteiger charge is -2.18. The van der Waals surface area contributed by atoms with Crippen molar-refractivity contribution < 1.29 is 14.3 Å². The molecule has 0 bridgehead atoms. The van der Waals surface area contributed by atoms with E-state index in [0.29, 0.717) is 28.9 Å². The van der Waals surface area contributed by atoms with E-state index in [2.05, 4.69) is 38.8 Å². The maximum Gasteiger partial charge on any atom is 0.266 e. The molecule has 34 heavy (non-hydrogen) atoms. The van der Waals surface area contributed by atoms with Crippen LogP contribution in [-0.2, 0) is 16.1 Å². The SMILES string of the molecule is Cc1ccccc1OCCn1cc(/C=C2\SC(=S)N(C[C@H]3CCCO3)C2=O)c2cc(Br)ccc21. The minimum Gasteiger partial charge on any atom is -0.491 e. The van der Waals surface area contributed by atoms with Crippen molar-refractivity contribution in [1.29, 1.82) is 0 Å². The van der Waals surface area contributed by atoms with E-state index in [1.54, 1.807) is 4.90 Å². The number of rotatable bonds is 7. The van der Waals surface area contributed by atoms with E-state index >= 15 is 0 Å². The zero-order valence-corrected chi connectivity index (χ0v) is 22.0. The number of thiocarbonyl (C=S) groups is 1. The van der Waals surface area contributed by atoms with Gasteiger partial charge in [-0.05, 0) is 55.7 Å². The molecule has 2 saturated heterocycles. The molecule has 5 nitrogen and oxygen atoms in total. The monoisotopic (exact) mass is 556 g/mol. The highest BCUT2D eigenvalue weighted by molar-refractivity contribution is 9.10. The summed E-state index contributed by atoms with van der Waals surface area (Å²) in [7, 11) is 0. The molecule has 1 atom stereocenters. The minimum atomic E-state index is -0.0377. The van der Waals surface area contributed by atoms with Crippen LogP contribution < -0.4 is 4.74 Å². The topological polar surface area (TPSA) is 43.7 Å². The van der Waals surface area contributed by atoms with Gasteiger partial charge in [-0.1, -0.05) is 58.1 Å². The molecule has 0 aliphatic carbocycles. The van der Waals surface area contributed by atoms with Gasteiger partial charge < -0.3 is 14.0 Å². The first kappa shape index (κ1) is 23.6. The quantitative estimate of drug-likeness (QED) is 0.257. The highest BCUT2D eigenvalue weighted by Gasteiger charge is 2.34. The molecule has 2 aliphatic rings. The van der Waals surface area contributed by atoms with E-state index < -0.39 is 0 Å². The van der Waals surface area contributed by atoms with E-state index in [1.807, 2.05) is 43.3 Å². The van der Waals surface area contributed by atoms with Crippen molar-refractivity contribution in [3.05, 3.63) is 69.2 Å². The van der Waals surface area contributed by atoms with Gasteiger partial charge in [0.15, 0.2) is 0 Å². The maximum atomic E-state index is 13.1.